The number of ether oxygens (including phenoxy) is 1. The SMILES string of the molecule is CCOC(C)(C)C(=O)C1CCCCC1C. The topological polar surface area (TPSA) is 26.3 Å². The third-order valence-corrected chi connectivity index (χ3v) is 3.55. The van der Waals surface area contributed by atoms with Crippen molar-refractivity contribution in [3.63, 3.8) is 0 Å². The summed E-state index contributed by atoms with van der Waals surface area (Å²) in [4.78, 5) is 12.3. The van der Waals surface area contributed by atoms with Crippen LogP contribution in [-0.2, 0) is 9.53 Å². The smallest absolute Gasteiger partial charge is 0.167 e. The van der Waals surface area contributed by atoms with Crippen LogP contribution in [-0.4, -0.2) is 18.0 Å². The standard InChI is InChI=1S/C13H24O2/c1-5-15-13(3,4)12(14)11-9-7-6-8-10(11)2/h10-11H,5-9H2,1-4H3. The number of Topliss-reactive ketones (excluding diaryl/α,β-unsaturated/α-hetero) is 1. The van der Waals surface area contributed by atoms with Crippen molar-refractivity contribution >= 4 is 5.78 Å². The molecule has 0 aliphatic heterocycles. The highest BCUT2D eigenvalue weighted by molar-refractivity contribution is 5.89. The first-order valence-corrected chi connectivity index (χ1v) is 6.17. The summed E-state index contributed by atoms with van der Waals surface area (Å²) in [5.41, 5.74) is -0.592. The Kier molecular flexibility index (Phi) is 4.32. The number of rotatable bonds is 4. The number of hydrogen-bond acceptors (Lipinski definition) is 2. The van der Waals surface area contributed by atoms with Crippen LogP contribution in [0.15, 0.2) is 0 Å². The molecule has 0 amide bonds. The molecule has 1 aliphatic carbocycles. The maximum atomic E-state index is 12.3. The third kappa shape index (κ3) is 3.04. The average Bonchev–Trinajstić information content (AvgIpc) is 2.17. The van der Waals surface area contributed by atoms with Gasteiger partial charge in [-0.25, -0.2) is 0 Å². The van der Waals surface area contributed by atoms with Crippen molar-refractivity contribution in [2.45, 2.75) is 59.0 Å². The first-order valence-electron chi connectivity index (χ1n) is 6.17. The molecule has 0 bridgehead atoms. The van der Waals surface area contributed by atoms with E-state index in [0.717, 1.165) is 6.42 Å². The van der Waals surface area contributed by atoms with E-state index < -0.39 is 5.60 Å². The first kappa shape index (κ1) is 12.7. The van der Waals surface area contributed by atoms with Gasteiger partial charge in [0.25, 0.3) is 0 Å². The van der Waals surface area contributed by atoms with Crippen LogP contribution in [0.5, 0.6) is 0 Å². The summed E-state index contributed by atoms with van der Waals surface area (Å²) >= 11 is 0. The van der Waals surface area contributed by atoms with Gasteiger partial charge in [0, 0.05) is 12.5 Å². The van der Waals surface area contributed by atoms with Crippen LogP contribution in [0, 0.1) is 11.8 Å². The summed E-state index contributed by atoms with van der Waals surface area (Å²) in [5, 5.41) is 0. The molecule has 2 unspecified atom stereocenters. The number of carbonyl (C=O) groups is 1. The van der Waals surface area contributed by atoms with Crippen molar-refractivity contribution < 1.29 is 9.53 Å². The molecule has 2 nitrogen and oxygen atoms in total. The largest absolute Gasteiger partial charge is 0.368 e. The third-order valence-electron chi connectivity index (χ3n) is 3.55. The van der Waals surface area contributed by atoms with Gasteiger partial charge in [-0.15, -0.1) is 0 Å². The zero-order valence-electron chi connectivity index (χ0n) is 10.5. The van der Waals surface area contributed by atoms with Gasteiger partial charge in [-0.2, -0.15) is 0 Å². The molecular formula is C13H24O2. The predicted octanol–water partition coefficient (Wildman–Crippen LogP) is 3.20. The Morgan fingerprint density at radius 1 is 1.33 bits per heavy atom. The summed E-state index contributed by atoms with van der Waals surface area (Å²) in [6.45, 7) is 8.56. The van der Waals surface area contributed by atoms with Crippen LogP contribution in [0.3, 0.4) is 0 Å². The highest BCUT2D eigenvalue weighted by Gasteiger charge is 2.37. The predicted molar refractivity (Wildman–Crippen MR) is 61.8 cm³/mol. The highest BCUT2D eigenvalue weighted by atomic mass is 16.5. The molecule has 0 saturated heterocycles. The summed E-state index contributed by atoms with van der Waals surface area (Å²) in [7, 11) is 0. The van der Waals surface area contributed by atoms with Gasteiger partial charge in [-0.3, -0.25) is 4.79 Å². The molecule has 15 heavy (non-hydrogen) atoms. The Morgan fingerprint density at radius 2 is 1.93 bits per heavy atom. The van der Waals surface area contributed by atoms with Crippen LogP contribution in [0.4, 0.5) is 0 Å². The fourth-order valence-electron chi connectivity index (χ4n) is 2.58. The summed E-state index contributed by atoms with van der Waals surface area (Å²) < 4.78 is 5.54. The van der Waals surface area contributed by atoms with Crippen molar-refractivity contribution in [3.05, 3.63) is 0 Å². The zero-order valence-corrected chi connectivity index (χ0v) is 10.5. The normalized spacial score (nSPS) is 27.7. The van der Waals surface area contributed by atoms with Crippen molar-refractivity contribution in [1.82, 2.24) is 0 Å². The molecule has 1 fully saturated rings. The minimum absolute atomic E-state index is 0.222. The zero-order chi connectivity index (χ0) is 11.5. The van der Waals surface area contributed by atoms with Gasteiger partial charge >= 0.3 is 0 Å². The quantitative estimate of drug-likeness (QED) is 0.715. The number of ketones is 1. The summed E-state index contributed by atoms with van der Waals surface area (Å²) in [6.07, 6.45) is 4.72. The second-order valence-corrected chi connectivity index (χ2v) is 5.18. The lowest BCUT2D eigenvalue weighted by Gasteiger charge is -2.34. The van der Waals surface area contributed by atoms with Crippen LogP contribution >= 0.6 is 0 Å². The Balaban J connectivity index is 2.65. The van der Waals surface area contributed by atoms with Gasteiger partial charge in [0.1, 0.15) is 5.60 Å². The van der Waals surface area contributed by atoms with Crippen molar-refractivity contribution in [1.29, 1.82) is 0 Å². The monoisotopic (exact) mass is 212 g/mol. The van der Waals surface area contributed by atoms with E-state index in [0.29, 0.717) is 18.3 Å². The van der Waals surface area contributed by atoms with Gasteiger partial charge in [-0.1, -0.05) is 26.2 Å². The van der Waals surface area contributed by atoms with E-state index in [1.54, 1.807) is 0 Å². The lowest BCUT2D eigenvalue weighted by atomic mass is 9.74. The molecule has 0 spiro atoms. The Hall–Kier alpha value is -0.370. The Labute approximate surface area is 93.4 Å². The fraction of sp³-hybridized carbons (Fsp3) is 0.923. The minimum atomic E-state index is -0.592. The lowest BCUT2D eigenvalue weighted by molar-refractivity contribution is -0.146. The molecule has 0 aromatic carbocycles. The summed E-state index contributed by atoms with van der Waals surface area (Å²) in [6, 6.07) is 0. The lowest BCUT2D eigenvalue weighted by Crippen LogP contribution is -2.42. The van der Waals surface area contributed by atoms with E-state index in [1.165, 1.54) is 19.3 Å². The first-order chi connectivity index (χ1) is 6.99. The van der Waals surface area contributed by atoms with Crippen LogP contribution in [0.25, 0.3) is 0 Å². The molecule has 0 N–H and O–H groups in total. The molecule has 0 aromatic heterocycles. The van der Waals surface area contributed by atoms with Crippen molar-refractivity contribution in [2.24, 2.45) is 11.8 Å². The van der Waals surface area contributed by atoms with Crippen molar-refractivity contribution in [3.8, 4) is 0 Å². The van der Waals surface area contributed by atoms with Crippen LogP contribution in [0.1, 0.15) is 53.4 Å². The molecule has 1 rings (SSSR count). The second-order valence-electron chi connectivity index (χ2n) is 5.18. The van der Waals surface area contributed by atoms with E-state index in [2.05, 4.69) is 6.92 Å². The molecule has 1 aliphatic rings. The second kappa shape index (κ2) is 5.11. The van der Waals surface area contributed by atoms with E-state index in [1.807, 2.05) is 20.8 Å². The maximum absolute atomic E-state index is 12.3. The van der Waals surface area contributed by atoms with Gasteiger partial charge in [-0.05, 0) is 33.1 Å². The van der Waals surface area contributed by atoms with Gasteiger partial charge in [0.15, 0.2) is 5.78 Å². The molecule has 1 saturated carbocycles. The van der Waals surface area contributed by atoms with E-state index in [9.17, 15) is 4.79 Å². The fourth-order valence-corrected chi connectivity index (χ4v) is 2.58. The Bertz CT molecular complexity index is 221. The van der Waals surface area contributed by atoms with E-state index in [4.69, 9.17) is 4.74 Å². The van der Waals surface area contributed by atoms with Crippen molar-refractivity contribution in [2.75, 3.05) is 6.61 Å². The van der Waals surface area contributed by atoms with Crippen LogP contribution < -0.4 is 0 Å². The van der Waals surface area contributed by atoms with Gasteiger partial charge in [0.05, 0.1) is 0 Å². The molecule has 88 valence electrons. The molecule has 2 atom stereocenters. The average molecular weight is 212 g/mol. The molecule has 0 aromatic rings. The van der Waals surface area contributed by atoms with Crippen LogP contribution in [0.2, 0.25) is 0 Å². The number of carbonyl (C=O) groups excluding carboxylic acids is 1. The van der Waals surface area contributed by atoms with Gasteiger partial charge < -0.3 is 4.74 Å². The highest BCUT2D eigenvalue weighted by Crippen LogP contribution is 2.33. The molecular weight excluding hydrogens is 188 g/mol. The minimum Gasteiger partial charge on any atom is -0.368 e. The Morgan fingerprint density at radius 3 is 2.47 bits per heavy atom. The summed E-state index contributed by atoms with van der Waals surface area (Å²) in [5.74, 6) is 1.06. The van der Waals surface area contributed by atoms with Gasteiger partial charge in [0.2, 0.25) is 0 Å². The molecule has 0 heterocycles. The van der Waals surface area contributed by atoms with E-state index in [-0.39, 0.29) is 5.92 Å². The molecule has 2 heteroatoms. The maximum Gasteiger partial charge on any atom is 0.167 e. The molecule has 0 radical (unpaired) electrons. The van der Waals surface area contributed by atoms with E-state index >= 15 is 0 Å². The number of hydrogen-bond donors (Lipinski definition) is 0.